The topological polar surface area (TPSA) is 90.6 Å². The summed E-state index contributed by atoms with van der Waals surface area (Å²) in [6, 6.07) is 11.9. The Balaban J connectivity index is 1.91. The summed E-state index contributed by atoms with van der Waals surface area (Å²) in [7, 11) is 3.17. The summed E-state index contributed by atoms with van der Waals surface area (Å²) >= 11 is 0. The molecule has 0 saturated heterocycles. The van der Waals surface area contributed by atoms with Crippen molar-refractivity contribution in [1.29, 1.82) is 0 Å². The van der Waals surface area contributed by atoms with Crippen LogP contribution >= 0.6 is 0 Å². The average Bonchev–Trinajstić information content (AvgIpc) is 2.61. The first-order valence-corrected chi connectivity index (χ1v) is 7.44. The molecule has 3 N–H and O–H groups in total. The van der Waals surface area contributed by atoms with Crippen molar-refractivity contribution in [3.8, 4) is 11.5 Å². The molecule has 0 spiro atoms. The Morgan fingerprint density at radius 2 is 1.58 bits per heavy atom. The van der Waals surface area contributed by atoms with Crippen LogP contribution in [0.3, 0.4) is 0 Å². The number of methoxy groups -OCH3 is 2. The minimum absolute atomic E-state index is 0.202. The van der Waals surface area contributed by atoms with Crippen LogP contribution < -0.4 is 20.5 Å². The zero-order chi connectivity index (χ0) is 17.5. The fourth-order valence-corrected chi connectivity index (χ4v) is 2.24. The molecule has 6 heteroatoms. The van der Waals surface area contributed by atoms with Crippen molar-refractivity contribution in [2.75, 3.05) is 20.8 Å². The van der Waals surface area contributed by atoms with E-state index in [1.807, 2.05) is 18.2 Å². The van der Waals surface area contributed by atoms with Gasteiger partial charge in [-0.05, 0) is 48.4 Å². The van der Waals surface area contributed by atoms with E-state index in [4.69, 9.17) is 15.2 Å². The second-order valence-corrected chi connectivity index (χ2v) is 5.14. The number of rotatable bonds is 7. The van der Waals surface area contributed by atoms with Crippen molar-refractivity contribution in [1.82, 2.24) is 5.32 Å². The van der Waals surface area contributed by atoms with Gasteiger partial charge in [-0.2, -0.15) is 0 Å². The van der Waals surface area contributed by atoms with Crippen LogP contribution in [0.2, 0.25) is 0 Å². The summed E-state index contributed by atoms with van der Waals surface area (Å²) < 4.78 is 10.4. The summed E-state index contributed by atoms with van der Waals surface area (Å²) in [6.45, 7) is 0.478. The van der Waals surface area contributed by atoms with Gasteiger partial charge < -0.3 is 20.5 Å². The molecule has 2 aromatic rings. The number of nitrogens with two attached hydrogens (primary N) is 1. The number of hydrogen-bond acceptors (Lipinski definition) is 4. The average molecular weight is 328 g/mol. The van der Waals surface area contributed by atoms with E-state index in [1.165, 1.54) is 12.1 Å². The third-order valence-corrected chi connectivity index (χ3v) is 3.58. The fraction of sp³-hybridized carbons (Fsp3) is 0.222. The number of amides is 2. The second kappa shape index (κ2) is 8.01. The molecule has 0 atom stereocenters. The molecule has 0 radical (unpaired) electrons. The minimum atomic E-state index is -0.518. The van der Waals surface area contributed by atoms with E-state index >= 15 is 0 Å². The zero-order valence-electron chi connectivity index (χ0n) is 13.7. The lowest BCUT2D eigenvalue weighted by Gasteiger charge is -2.10. The Hall–Kier alpha value is -3.02. The molecule has 0 heterocycles. The summed E-state index contributed by atoms with van der Waals surface area (Å²) in [6.07, 6.45) is 0.658. The molecule has 0 aliphatic carbocycles. The maximum Gasteiger partial charge on any atom is 0.251 e. The third-order valence-electron chi connectivity index (χ3n) is 3.58. The summed E-state index contributed by atoms with van der Waals surface area (Å²) in [5.74, 6) is 0.602. The first-order chi connectivity index (χ1) is 11.5. The van der Waals surface area contributed by atoms with Crippen LogP contribution in [0.4, 0.5) is 0 Å². The van der Waals surface area contributed by atoms with Gasteiger partial charge in [-0.15, -0.1) is 0 Å². The first kappa shape index (κ1) is 17.3. The van der Waals surface area contributed by atoms with Crippen molar-refractivity contribution in [3.05, 3.63) is 59.2 Å². The van der Waals surface area contributed by atoms with Crippen LogP contribution in [0.25, 0.3) is 0 Å². The molecule has 24 heavy (non-hydrogen) atoms. The molecule has 6 nitrogen and oxygen atoms in total. The molecule has 0 saturated carbocycles. The maximum absolute atomic E-state index is 12.1. The summed E-state index contributed by atoms with van der Waals surface area (Å²) in [5, 5.41) is 2.84. The molecule has 2 rings (SSSR count). The van der Waals surface area contributed by atoms with E-state index in [0.717, 1.165) is 5.56 Å². The monoisotopic (exact) mass is 328 g/mol. The van der Waals surface area contributed by atoms with E-state index < -0.39 is 5.91 Å². The highest BCUT2D eigenvalue weighted by Gasteiger charge is 2.08. The van der Waals surface area contributed by atoms with Crippen molar-refractivity contribution in [2.45, 2.75) is 6.42 Å². The van der Waals surface area contributed by atoms with Crippen LogP contribution in [-0.2, 0) is 6.42 Å². The molecule has 0 aromatic heterocycles. The molecule has 0 unspecified atom stereocenters. The number of carbonyl (C=O) groups is 2. The molecule has 126 valence electrons. The van der Waals surface area contributed by atoms with Crippen molar-refractivity contribution in [2.24, 2.45) is 5.73 Å². The fourth-order valence-electron chi connectivity index (χ4n) is 2.24. The highest BCUT2D eigenvalue weighted by molar-refractivity contribution is 5.97. The molecular formula is C18H20N2O4. The number of carbonyl (C=O) groups excluding carboxylic acids is 2. The second-order valence-electron chi connectivity index (χ2n) is 5.14. The van der Waals surface area contributed by atoms with Gasteiger partial charge in [0.2, 0.25) is 5.91 Å². The van der Waals surface area contributed by atoms with Crippen LogP contribution in [0.5, 0.6) is 11.5 Å². The lowest BCUT2D eigenvalue weighted by atomic mass is 10.1. The van der Waals surface area contributed by atoms with Gasteiger partial charge in [-0.25, -0.2) is 0 Å². The number of hydrogen-bond donors (Lipinski definition) is 2. The van der Waals surface area contributed by atoms with Crippen LogP contribution in [-0.4, -0.2) is 32.6 Å². The van der Waals surface area contributed by atoms with Crippen molar-refractivity contribution < 1.29 is 19.1 Å². The zero-order valence-corrected chi connectivity index (χ0v) is 13.7. The maximum atomic E-state index is 12.1. The van der Waals surface area contributed by atoms with Gasteiger partial charge >= 0.3 is 0 Å². The number of nitrogens with one attached hydrogen (secondary N) is 1. The van der Waals surface area contributed by atoms with E-state index in [-0.39, 0.29) is 5.91 Å². The van der Waals surface area contributed by atoms with Gasteiger partial charge in [0.25, 0.3) is 5.91 Å². The molecule has 2 amide bonds. The largest absolute Gasteiger partial charge is 0.493 e. The Morgan fingerprint density at radius 3 is 2.17 bits per heavy atom. The van der Waals surface area contributed by atoms with Crippen LogP contribution in [0.15, 0.2) is 42.5 Å². The highest BCUT2D eigenvalue weighted by Crippen LogP contribution is 2.27. The lowest BCUT2D eigenvalue weighted by Crippen LogP contribution is -2.25. The molecular weight excluding hydrogens is 308 g/mol. The third kappa shape index (κ3) is 4.25. The van der Waals surface area contributed by atoms with Gasteiger partial charge in [0.05, 0.1) is 14.2 Å². The van der Waals surface area contributed by atoms with Crippen molar-refractivity contribution >= 4 is 11.8 Å². The minimum Gasteiger partial charge on any atom is -0.493 e. The Morgan fingerprint density at radius 1 is 0.958 bits per heavy atom. The van der Waals surface area contributed by atoms with Crippen LogP contribution in [0.1, 0.15) is 26.3 Å². The summed E-state index contributed by atoms with van der Waals surface area (Å²) in [5.41, 5.74) is 7.05. The molecule has 0 aliphatic heterocycles. The number of ether oxygens (including phenoxy) is 2. The van der Waals surface area contributed by atoms with Gasteiger partial charge in [0, 0.05) is 17.7 Å². The van der Waals surface area contributed by atoms with Gasteiger partial charge in [0.1, 0.15) is 0 Å². The highest BCUT2D eigenvalue weighted by atomic mass is 16.5. The van der Waals surface area contributed by atoms with E-state index in [9.17, 15) is 9.59 Å². The lowest BCUT2D eigenvalue weighted by molar-refractivity contribution is 0.0951. The van der Waals surface area contributed by atoms with E-state index in [0.29, 0.717) is 35.6 Å². The Bertz CT molecular complexity index is 726. The van der Waals surface area contributed by atoms with Crippen LogP contribution in [0, 0.1) is 0 Å². The van der Waals surface area contributed by atoms with Gasteiger partial charge in [-0.3, -0.25) is 9.59 Å². The summed E-state index contributed by atoms with van der Waals surface area (Å²) in [4.78, 5) is 23.1. The van der Waals surface area contributed by atoms with E-state index in [2.05, 4.69) is 5.32 Å². The SMILES string of the molecule is COc1ccc(CCNC(=O)c2ccc(C(N)=O)cc2)cc1OC. The van der Waals surface area contributed by atoms with Gasteiger partial charge in [-0.1, -0.05) is 6.07 Å². The van der Waals surface area contributed by atoms with E-state index in [1.54, 1.807) is 26.4 Å². The number of primary amides is 1. The predicted octanol–water partition coefficient (Wildman–Crippen LogP) is 1.78. The Kier molecular flexibility index (Phi) is 5.78. The number of benzene rings is 2. The standard InChI is InChI=1S/C18H20N2O4/c1-23-15-8-3-12(11-16(15)24-2)9-10-20-18(22)14-6-4-13(5-7-14)17(19)21/h3-8,11H,9-10H2,1-2H3,(H2,19,21)(H,20,22). The molecule has 0 fully saturated rings. The first-order valence-electron chi connectivity index (χ1n) is 7.44. The molecule has 0 bridgehead atoms. The van der Waals surface area contributed by atoms with Crippen molar-refractivity contribution in [3.63, 3.8) is 0 Å². The predicted molar refractivity (Wildman–Crippen MR) is 90.5 cm³/mol. The molecule has 2 aromatic carbocycles. The quantitative estimate of drug-likeness (QED) is 0.810. The normalized spacial score (nSPS) is 10.1. The smallest absolute Gasteiger partial charge is 0.251 e. The van der Waals surface area contributed by atoms with Gasteiger partial charge in [0.15, 0.2) is 11.5 Å². The Labute approximate surface area is 140 Å². The molecule has 0 aliphatic rings.